The first kappa shape index (κ1) is 25.8. The number of carbonyl (C=O) groups is 3. The van der Waals surface area contributed by atoms with Crippen molar-refractivity contribution in [3.8, 4) is 0 Å². The SMILES string of the molecule is Cc1[nH]c(/C=C2\C(=O)Nc3ccc(F)cc32)c(C)c1C(=O)N[C@@H](O)C[C@@H](O)CC(=O)[O-].[Na+]. The minimum atomic E-state index is -1.48. The van der Waals surface area contributed by atoms with Crippen LogP contribution >= 0.6 is 0 Å². The van der Waals surface area contributed by atoms with Crippen LogP contribution in [0.1, 0.15) is 45.7 Å². The number of nitrogens with one attached hydrogen (secondary N) is 3. The minimum Gasteiger partial charge on any atom is -0.550 e. The predicted octanol–water partition coefficient (Wildman–Crippen LogP) is -2.79. The van der Waals surface area contributed by atoms with Crippen LogP contribution in [0.4, 0.5) is 10.1 Å². The van der Waals surface area contributed by atoms with Crippen molar-refractivity contribution in [2.75, 3.05) is 5.32 Å². The average molecular weight is 453 g/mol. The van der Waals surface area contributed by atoms with Gasteiger partial charge in [0.05, 0.1) is 17.2 Å². The molecule has 2 aromatic rings. The Bertz CT molecular complexity index is 1100. The van der Waals surface area contributed by atoms with Crippen molar-refractivity contribution in [3.63, 3.8) is 0 Å². The van der Waals surface area contributed by atoms with Crippen molar-refractivity contribution in [2.45, 2.75) is 39.0 Å². The maximum atomic E-state index is 13.6. The van der Waals surface area contributed by atoms with Crippen molar-refractivity contribution in [1.82, 2.24) is 10.3 Å². The van der Waals surface area contributed by atoms with Gasteiger partial charge in [-0.2, -0.15) is 0 Å². The topological polar surface area (TPSA) is 155 Å². The summed E-state index contributed by atoms with van der Waals surface area (Å²) < 4.78 is 13.6. The van der Waals surface area contributed by atoms with E-state index in [4.69, 9.17) is 0 Å². The summed E-state index contributed by atoms with van der Waals surface area (Å²) in [5.41, 5.74) is 2.74. The van der Waals surface area contributed by atoms with Crippen LogP contribution in [0.15, 0.2) is 18.2 Å². The smallest absolute Gasteiger partial charge is 0.550 e. The molecule has 0 unspecified atom stereocenters. The fourth-order valence-electron chi connectivity index (χ4n) is 3.52. The Balaban J connectivity index is 0.00000363. The van der Waals surface area contributed by atoms with Crippen molar-refractivity contribution < 1.29 is 63.7 Å². The number of aromatic nitrogens is 1. The normalized spacial score (nSPS) is 15.5. The molecule has 0 saturated heterocycles. The Morgan fingerprint density at radius 2 is 1.97 bits per heavy atom. The van der Waals surface area contributed by atoms with Crippen molar-refractivity contribution in [2.24, 2.45) is 0 Å². The Kier molecular flexibility index (Phi) is 8.38. The first-order valence-corrected chi connectivity index (χ1v) is 9.45. The van der Waals surface area contributed by atoms with E-state index >= 15 is 0 Å². The zero-order valence-corrected chi connectivity index (χ0v) is 19.8. The molecule has 0 bridgehead atoms. The van der Waals surface area contributed by atoms with Gasteiger partial charge in [0.15, 0.2) is 0 Å². The van der Waals surface area contributed by atoms with Crippen LogP contribution in [0.25, 0.3) is 11.6 Å². The molecule has 32 heavy (non-hydrogen) atoms. The summed E-state index contributed by atoms with van der Waals surface area (Å²) in [6.45, 7) is 3.27. The van der Waals surface area contributed by atoms with E-state index in [1.54, 1.807) is 13.8 Å². The van der Waals surface area contributed by atoms with Crippen LogP contribution in [0, 0.1) is 19.7 Å². The molecule has 2 atom stereocenters. The molecule has 1 aliphatic heterocycles. The monoisotopic (exact) mass is 453 g/mol. The number of carboxylic acid groups (broad SMARTS) is 1. The fraction of sp³-hybridized carbons (Fsp3) is 0.286. The van der Waals surface area contributed by atoms with Crippen LogP contribution < -0.4 is 45.3 Å². The first-order valence-electron chi connectivity index (χ1n) is 9.45. The van der Waals surface area contributed by atoms with E-state index in [-0.39, 0.29) is 47.1 Å². The molecular weight excluding hydrogens is 432 g/mol. The Morgan fingerprint density at radius 1 is 1.28 bits per heavy atom. The fourth-order valence-corrected chi connectivity index (χ4v) is 3.52. The van der Waals surface area contributed by atoms with Gasteiger partial charge in [0.1, 0.15) is 12.0 Å². The minimum absolute atomic E-state index is 0. The number of aromatic amines is 1. The summed E-state index contributed by atoms with van der Waals surface area (Å²) in [6.07, 6.45) is -2.40. The summed E-state index contributed by atoms with van der Waals surface area (Å²) >= 11 is 0. The molecule has 3 rings (SSSR count). The molecule has 0 saturated carbocycles. The Hall–Kier alpha value is -2.50. The third kappa shape index (κ3) is 5.64. The zero-order valence-electron chi connectivity index (χ0n) is 17.8. The molecule has 0 radical (unpaired) electrons. The number of fused-ring (bicyclic) bond motifs is 1. The largest absolute Gasteiger partial charge is 1.00 e. The number of hydrogen-bond donors (Lipinski definition) is 5. The standard InChI is InChI=1S/C21H22FN3O6.Na/c1-9-16(8-14-13-5-11(22)3-4-15(13)24-20(14)30)23-10(2)19(9)21(31)25-17(27)6-12(26)7-18(28)29;/h3-5,8,12,17,23,26-27H,6-7H2,1-2H3,(H,24,30)(H,25,31)(H,28,29);/q;+1/p-1/b14-8-;/t12-,17+;/m1./s1. The van der Waals surface area contributed by atoms with Crippen LogP contribution in [0.3, 0.4) is 0 Å². The number of halogens is 1. The van der Waals surface area contributed by atoms with Crippen LogP contribution in [0.5, 0.6) is 0 Å². The second-order valence-corrected chi connectivity index (χ2v) is 7.32. The zero-order chi connectivity index (χ0) is 22.9. The number of carboxylic acids is 1. The molecule has 9 nitrogen and oxygen atoms in total. The summed E-state index contributed by atoms with van der Waals surface area (Å²) in [5, 5.41) is 34.9. The van der Waals surface area contributed by atoms with Gasteiger partial charge in [-0.15, -0.1) is 0 Å². The molecule has 0 aliphatic carbocycles. The van der Waals surface area contributed by atoms with Gasteiger partial charge >= 0.3 is 29.6 Å². The molecule has 1 aromatic heterocycles. The number of aliphatic hydroxyl groups is 2. The maximum absolute atomic E-state index is 13.6. The predicted molar refractivity (Wildman–Crippen MR) is 107 cm³/mol. The van der Waals surface area contributed by atoms with Crippen LogP contribution in [0.2, 0.25) is 0 Å². The van der Waals surface area contributed by atoms with Gasteiger partial charge in [-0.3, -0.25) is 9.59 Å². The van der Waals surface area contributed by atoms with Crippen molar-refractivity contribution in [3.05, 3.63) is 52.1 Å². The number of aliphatic carboxylic acids is 1. The van der Waals surface area contributed by atoms with Crippen LogP contribution in [-0.2, 0) is 9.59 Å². The van der Waals surface area contributed by atoms with E-state index in [0.717, 1.165) is 0 Å². The number of aliphatic hydroxyl groups excluding tert-OH is 2. The van der Waals surface area contributed by atoms with Gasteiger partial charge in [-0.1, -0.05) is 0 Å². The third-order valence-corrected chi connectivity index (χ3v) is 4.95. The molecule has 11 heteroatoms. The molecule has 2 amide bonds. The number of H-pyrrole nitrogens is 1. The van der Waals surface area contributed by atoms with E-state index in [1.165, 1.54) is 24.3 Å². The molecule has 1 aliphatic rings. The molecule has 1 aromatic carbocycles. The maximum Gasteiger partial charge on any atom is 1.00 e. The number of benzene rings is 1. The third-order valence-electron chi connectivity index (χ3n) is 4.95. The summed E-state index contributed by atoms with van der Waals surface area (Å²) in [7, 11) is 0. The van der Waals surface area contributed by atoms with Gasteiger partial charge in [0.25, 0.3) is 11.8 Å². The molecule has 0 spiro atoms. The summed E-state index contributed by atoms with van der Waals surface area (Å²) in [6, 6.07) is 3.95. The number of carbonyl (C=O) groups excluding carboxylic acids is 3. The van der Waals surface area contributed by atoms with Gasteiger partial charge in [-0.25, -0.2) is 4.39 Å². The van der Waals surface area contributed by atoms with Gasteiger partial charge < -0.3 is 35.7 Å². The quantitative estimate of drug-likeness (QED) is 0.173. The van der Waals surface area contributed by atoms with Crippen molar-refractivity contribution in [1.29, 1.82) is 0 Å². The first-order chi connectivity index (χ1) is 14.6. The van der Waals surface area contributed by atoms with Gasteiger partial charge in [-0.05, 0) is 43.7 Å². The van der Waals surface area contributed by atoms with E-state index in [9.17, 15) is 34.1 Å². The van der Waals surface area contributed by atoms with E-state index in [1.807, 2.05) is 0 Å². The number of hydrogen-bond acceptors (Lipinski definition) is 6. The molecule has 0 fully saturated rings. The molecule has 164 valence electrons. The summed E-state index contributed by atoms with van der Waals surface area (Å²) in [4.78, 5) is 38.4. The van der Waals surface area contributed by atoms with Crippen molar-refractivity contribution >= 4 is 35.1 Å². The van der Waals surface area contributed by atoms with E-state index in [2.05, 4.69) is 15.6 Å². The second-order valence-electron chi connectivity index (χ2n) is 7.32. The number of aryl methyl sites for hydroxylation is 1. The number of rotatable bonds is 7. The van der Waals surface area contributed by atoms with Gasteiger partial charge in [0.2, 0.25) is 0 Å². The molecule has 2 heterocycles. The average Bonchev–Trinajstić information content (AvgIpc) is 3.10. The van der Waals surface area contributed by atoms with E-state index < -0.39 is 42.4 Å². The molecular formula is C21H21FN3NaO6. The van der Waals surface area contributed by atoms with E-state index in [0.29, 0.717) is 28.2 Å². The molecule has 5 N–H and O–H groups in total. The number of amides is 2. The number of anilines is 1. The second kappa shape index (κ2) is 10.4. The Labute approximate surface area is 205 Å². The Morgan fingerprint density at radius 3 is 2.62 bits per heavy atom. The van der Waals surface area contributed by atoms with Crippen LogP contribution in [-0.4, -0.2) is 45.3 Å². The van der Waals surface area contributed by atoms with Gasteiger partial charge in [0, 0.05) is 41.4 Å². The summed E-state index contributed by atoms with van der Waals surface area (Å²) in [5.74, 6) is -3.02.